The van der Waals surface area contributed by atoms with E-state index in [2.05, 4.69) is 4.18 Å². The van der Waals surface area contributed by atoms with Gasteiger partial charge in [0.05, 0.1) is 5.56 Å². The van der Waals surface area contributed by atoms with Crippen LogP contribution in [0.1, 0.15) is 5.56 Å². The fourth-order valence-electron chi connectivity index (χ4n) is 1.58. The van der Waals surface area contributed by atoms with Gasteiger partial charge < -0.3 is 4.18 Å². The number of hydrogen-bond donors (Lipinski definition) is 0. The molecule has 0 fully saturated rings. The van der Waals surface area contributed by atoms with Gasteiger partial charge in [0.1, 0.15) is 10.7 Å². The Bertz CT molecular complexity index is 754. The molecule has 0 atom stereocenters. The molecule has 112 valence electrons. The third kappa shape index (κ3) is 3.33. The van der Waals surface area contributed by atoms with Gasteiger partial charge in [-0.3, -0.25) is 0 Å². The first-order valence-electron chi connectivity index (χ1n) is 5.57. The zero-order valence-electron chi connectivity index (χ0n) is 10.3. The lowest BCUT2D eigenvalue weighted by Crippen LogP contribution is -2.15. The smallest absolute Gasteiger partial charge is 0.378 e. The lowest BCUT2D eigenvalue weighted by molar-refractivity contribution is -0.138. The highest BCUT2D eigenvalue weighted by molar-refractivity contribution is 7.87. The highest BCUT2D eigenvalue weighted by Gasteiger charge is 2.35. The Morgan fingerprint density at radius 2 is 1.48 bits per heavy atom. The average Bonchev–Trinajstić information content (AvgIpc) is 2.38. The van der Waals surface area contributed by atoms with E-state index in [0.29, 0.717) is 6.07 Å². The van der Waals surface area contributed by atoms with Crippen molar-refractivity contribution in [2.24, 2.45) is 0 Å². The molecule has 21 heavy (non-hydrogen) atoms. The summed E-state index contributed by atoms with van der Waals surface area (Å²) in [6, 6.07) is 8.04. The minimum Gasteiger partial charge on any atom is -0.378 e. The van der Waals surface area contributed by atoms with E-state index in [9.17, 15) is 26.0 Å². The van der Waals surface area contributed by atoms with Crippen molar-refractivity contribution in [3.63, 3.8) is 0 Å². The average molecular weight is 320 g/mol. The highest BCUT2D eigenvalue weighted by Crippen LogP contribution is 2.37. The SMILES string of the molecule is O=S(=O)(Oc1ccccc1C(F)(F)F)c1ccccc1F. The van der Waals surface area contributed by atoms with Crippen molar-refractivity contribution in [3.8, 4) is 5.75 Å². The Labute approximate surface area is 117 Å². The molecule has 0 N–H and O–H groups in total. The van der Waals surface area contributed by atoms with E-state index in [4.69, 9.17) is 0 Å². The number of benzene rings is 2. The summed E-state index contributed by atoms with van der Waals surface area (Å²) in [5, 5.41) is 0. The molecule has 0 aliphatic rings. The first-order chi connectivity index (χ1) is 9.72. The van der Waals surface area contributed by atoms with Crippen LogP contribution in [0.4, 0.5) is 17.6 Å². The van der Waals surface area contributed by atoms with E-state index < -0.39 is 38.3 Å². The summed E-state index contributed by atoms with van der Waals surface area (Å²) in [6.07, 6.45) is -4.79. The summed E-state index contributed by atoms with van der Waals surface area (Å²) in [6.45, 7) is 0. The standard InChI is InChI=1S/C13H8F4O3S/c14-10-6-2-4-8-12(10)21(18,19)20-11-7-3-1-5-9(11)13(15,16)17/h1-8H. The van der Waals surface area contributed by atoms with Gasteiger partial charge in [0.2, 0.25) is 0 Å². The summed E-state index contributed by atoms with van der Waals surface area (Å²) in [7, 11) is -4.70. The zero-order chi connectivity index (χ0) is 15.7. The van der Waals surface area contributed by atoms with Crippen molar-refractivity contribution < 1.29 is 30.2 Å². The van der Waals surface area contributed by atoms with Gasteiger partial charge in [-0.25, -0.2) is 4.39 Å². The summed E-state index contributed by atoms with van der Waals surface area (Å²) >= 11 is 0. The van der Waals surface area contributed by atoms with Crippen molar-refractivity contribution in [2.75, 3.05) is 0 Å². The topological polar surface area (TPSA) is 43.4 Å². The van der Waals surface area contributed by atoms with E-state index in [1.165, 1.54) is 18.2 Å². The molecular weight excluding hydrogens is 312 g/mol. The Hall–Kier alpha value is -2.09. The number of para-hydroxylation sites is 1. The minimum atomic E-state index is -4.79. The van der Waals surface area contributed by atoms with E-state index in [-0.39, 0.29) is 0 Å². The highest BCUT2D eigenvalue weighted by atomic mass is 32.2. The Morgan fingerprint density at radius 3 is 2.10 bits per heavy atom. The summed E-state index contributed by atoms with van der Waals surface area (Å²) in [4.78, 5) is -0.832. The van der Waals surface area contributed by atoms with Crippen LogP contribution in [-0.4, -0.2) is 8.42 Å². The van der Waals surface area contributed by atoms with Crippen LogP contribution < -0.4 is 4.18 Å². The lowest BCUT2D eigenvalue weighted by Gasteiger charge is -2.13. The predicted octanol–water partition coefficient (Wildman–Crippen LogP) is 3.61. The second kappa shape index (κ2) is 5.36. The first-order valence-corrected chi connectivity index (χ1v) is 6.98. The van der Waals surface area contributed by atoms with Crippen LogP contribution >= 0.6 is 0 Å². The van der Waals surface area contributed by atoms with Gasteiger partial charge in [-0.05, 0) is 24.3 Å². The van der Waals surface area contributed by atoms with Crippen molar-refractivity contribution in [1.82, 2.24) is 0 Å². The predicted molar refractivity (Wildman–Crippen MR) is 65.7 cm³/mol. The molecule has 0 saturated heterocycles. The molecule has 2 aromatic carbocycles. The van der Waals surface area contributed by atoms with E-state index in [1.807, 2.05) is 0 Å². The van der Waals surface area contributed by atoms with Gasteiger partial charge in [-0.2, -0.15) is 21.6 Å². The lowest BCUT2D eigenvalue weighted by atomic mass is 10.2. The number of halogens is 4. The van der Waals surface area contributed by atoms with Crippen LogP contribution in [0.3, 0.4) is 0 Å². The quantitative estimate of drug-likeness (QED) is 0.641. The van der Waals surface area contributed by atoms with Crippen molar-refractivity contribution in [1.29, 1.82) is 0 Å². The minimum absolute atomic E-state index is 0.673. The molecule has 0 aliphatic heterocycles. The normalized spacial score (nSPS) is 12.2. The van der Waals surface area contributed by atoms with Crippen molar-refractivity contribution in [2.45, 2.75) is 11.1 Å². The van der Waals surface area contributed by atoms with Gasteiger partial charge in [0, 0.05) is 0 Å². The van der Waals surface area contributed by atoms with Gasteiger partial charge >= 0.3 is 16.3 Å². The fraction of sp³-hybridized carbons (Fsp3) is 0.0769. The Balaban J connectivity index is 2.46. The summed E-state index contributed by atoms with van der Waals surface area (Å²) in [5.74, 6) is -2.02. The van der Waals surface area contributed by atoms with Crippen molar-refractivity contribution >= 4 is 10.1 Å². The van der Waals surface area contributed by atoms with Crippen LogP contribution in [0.2, 0.25) is 0 Å². The molecule has 0 amide bonds. The molecule has 2 rings (SSSR count). The largest absolute Gasteiger partial charge is 0.420 e. The second-order valence-corrected chi connectivity index (χ2v) is 5.48. The molecule has 3 nitrogen and oxygen atoms in total. The molecule has 0 unspecified atom stereocenters. The molecule has 8 heteroatoms. The number of rotatable bonds is 3. The van der Waals surface area contributed by atoms with Crippen LogP contribution in [0.5, 0.6) is 5.75 Å². The Morgan fingerprint density at radius 1 is 0.905 bits per heavy atom. The van der Waals surface area contributed by atoms with Crippen LogP contribution in [-0.2, 0) is 16.3 Å². The number of alkyl halides is 3. The van der Waals surface area contributed by atoms with E-state index in [0.717, 1.165) is 24.3 Å². The second-order valence-electron chi connectivity index (χ2n) is 3.96. The molecule has 0 aliphatic carbocycles. The molecule has 2 aromatic rings. The maximum atomic E-state index is 13.4. The third-order valence-electron chi connectivity index (χ3n) is 2.50. The summed E-state index contributed by atoms with van der Waals surface area (Å²) < 4.78 is 79.9. The maximum absolute atomic E-state index is 13.4. The molecule has 0 aromatic heterocycles. The van der Waals surface area contributed by atoms with E-state index in [1.54, 1.807) is 0 Å². The van der Waals surface area contributed by atoms with Crippen LogP contribution in [0.15, 0.2) is 53.4 Å². The van der Waals surface area contributed by atoms with Crippen LogP contribution in [0.25, 0.3) is 0 Å². The Kier molecular flexibility index (Phi) is 3.91. The summed E-state index contributed by atoms with van der Waals surface area (Å²) in [5.41, 5.74) is -1.26. The third-order valence-corrected chi connectivity index (χ3v) is 3.77. The van der Waals surface area contributed by atoms with Gasteiger partial charge in [0.15, 0.2) is 5.75 Å². The number of hydrogen-bond acceptors (Lipinski definition) is 3. The molecule has 0 spiro atoms. The molecule has 0 bridgehead atoms. The maximum Gasteiger partial charge on any atom is 0.420 e. The monoisotopic (exact) mass is 320 g/mol. The van der Waals surface area contributed by atoms with Crippen molar-refractivity contribution in [3.05, 3.63) is 59.9 Å². The van der Waals surface area contributed by atoms with Gasteiger partial charge in [0.25, 0.3) is 0 Å². The first kappa shape index (κ1) is 15.3. The van der Waals surface area contributed by atoms with Crippen LogP contribution in [0, 0.1) is 5.82 Å². The molecule has 0 heterocycles. The molecule has 0 saturated carbocycles. The van der Waals surface area contributed by atoms with E-state index >= 15 is 0 Å². The van der Waals surface area contributed by atoms with Gasteiger partial charge in [-0.15, -0.1) is 0 Å². The van der Waals surface area contributed by atoms with Gasteiger partial charge in [-0.1, -0.05) is 24.3 Å². The fourth-order valence-corrected chi connectivity index (χ4v) is 2.61. The zero-order valence-corrected chi connectivity index (χ0v) is 11.1. The molecule has 0 radical (unpaired) electrons. The molecular formula is C13H8F4O3S.